The van der Waals surface area contributed by atoms with Crippen molar-refractivity contribution in [1.29, 1.82) is 0 Å². The van der Waals surface area contributed by atoms with Crippen LogP contribution in [0.2, 0.25) is 10.0 Å². The number of hydrogen-bond donors (Lipinski definition) is 2. The van der Waals surface area contributed by atoms with Gasteiger partial charge in [0.2, 0.25) is 0 Å². The summed E-state index contributed by atoms with van der Waals surface area (Å²) in [5.74, 6) is 1.36. The molecule has 0 aliphatic heterocycles. The number of nitrogens with zero attached hydrogens (tertiary/aromatic N) is 2. The lowest BCUT2D eigenvalue weighted by molar-refractivity contribution is 0.311. The van der Waals surface area contributed by atoms with Crippen LogP contribution in [0, 0.1) is 0 Å². The molecule has 128 valence electrons. The van der Waals surface area contributed by atoms with Gasteiger partial charge in [-0.2, -0.15) is 0 Å². The van der Waals surface area contributed by atoms with Crippen LogP contribution >= 0.6 is 23.2 Å². The Kier molecular flexibility index (Phi) is 7.65. The van der Waals surface area contributed by atoms with Crippen molar-refractivity contribution in [2.75, 3.05) is 20.2 Å². The van der Waals surface area contributed by atoms with Gasteiger partial charge in [-0.15, -0.1) is 0 Å². The Morgan fingerprint density at radius 1 is 1.21 bits per heavy atom. The number of aliphatic imine (C=N–C) groups is 1. The largest absolute Gasteiger partial charge is 0.492 e. The van der Waals surface area contributed by atoms with Crippen LogP contribution in [0.25, 0.3) is 0 Å². The van der Waals surface area contributed by atoms with Crippen molar-refractivity contribution in [3.05, 3.63) is 58.3 Å². The van der Waals surface area contributed by atoms with Gasteiger partial charge in [-0.05, 0) is 36.8 Å². The van der Waals surface area contributed by atoms with E-state index in [1.807, 2.05) is 18.2 Å². The van der Waals surface area contributed by atoms with E-state index in [0.29, 0.717) is 28.9 Å². The Balaban J connectivity index is 1.65. The minimum Gasteiger partial charge on any atom is -0.492 e. The molecule has 7 heteroatoms. The molecule has 1 aromatic carbocycles. The number of benzene rings is 1. The molecule has 0 bridgehead atoms. The number of halogens is 2. The van der Waals surface area contributed by atoms with Crippen LogP contribution in [-0.4, -0.2) is 31.1 Å². The van der Waals surface area contributed by atoms with E-state index in [9.17, 15) is 0 Å². The molecule has 0 aliphatic rings. The fraction of sp³-hybridized carbons (Fsp3) is 0.294. The normalized spacial score (nSPS) is 11.2. The number of aromatic nitrogens is 1. The molecule has 24 heavy (non-hydrogen) atoms. The number of rotatable bonds is 7. The van der Waals surface area contributed by atoms with Crippen LogP contribution < -0.4 is 15.4 Å². The number of pyridine rings is 1. The molecule has 0 radical (unpaired) electrons. The van der Waals surface area contributed by atoms with Crippen molar-refractivity contribution in [1.82, 2.24) is 15.6 Å². The average Bonchev–Trinajstić information content (AvgIpc) is 2.60. The van der Waals surface area contributed by atoms with Gasteiger partial charge in [0.05, 0.1) is 23.9 Å². The Labute approximate surface area is 152 Å². The molecule has 2 N–H and O–H groups in total. The Hall–Kier alpha value is -1.98. The minimum atomic E-state index is 0.517. The summed E-state index contributed by atoms with van der Waals surface area (Å²) in [6.45, 7) is 1.90. The molecule has 2 aromatic rings. The van der Waals surface area contributed by atoms with Crippen LogP contribution in [0.4, 0.5) is 0 Å². The van der Waals surface area contributed by atoms with Gasteiger partial charge in [0.1, 0.15) is 5.75 Å². The van der Waals surface area contributed by atoms with Crippen molar-refractivity contribution in [3.63, 3.8) is 0 Å². The summed E-state index contributed by atoms with van der Waals surface area (Å²) in [5.41, 5.74) is 0.959. The van der Waals surface area contributed by atoms with Crippen LogP contribution in [0.1, 0.15) is 12.1 Å². The second-order valence-electron chi connectivity index (χ2n) is 4.95. The Bertz CT molecular complexity index is 665. The molecule has 5 nitrogen and oxygen atoms in total. The van der Waals surface area contributed by atoms with Gasteiger partial charge in [-0.3, -0.25) is 9.98 Å². The van der Waals surface area contributed by atoms with E-state index in [1.54, 1.807) is 31.4 Å². The van der Waals surface area contributed by atoms with Crippen molar-refractivity contribution in [3.8, 4) is 5.75 Å². The van der Waals surface area contributed by atoms with E-state index in [-0.39, 0.29) is 0 Å². The van der Waals surface area contributed by atoms with Gasteiger partial charge >= 0.3 is 0 Å². The fourth-order valence-electron chi connectivity index (χ4n) is 1.95. The van der Waals surface area contributed by atoms with E-state index in [0.717, 1.165) is 24.6 Å². The van der Waals surface area contributed by atoms with Crippen molar-refractivity contribution in [2.45, 2.75) is 13.0 Å². The number of ether oxygens (including phenoxy) is 1. The number of guanidine groups is 1. The summed E-state index contributed by atoms with van der Waals surface area (Å²) in [5, 5.41) is 7.55. The van der Waals surface area contributed by atoms with Gasteiger partial charge in [0, 0.05) is 24.8 Å². The summed E-state index contributed by atoms with van der Waals surface area (Å²) >= 11 is 11.9. The first-order valence-electron chi connectivity index (χ1n) is 7.61. The quantitative estimate of drug-likeness (QED) is 0.447. The third-order valence-electron chi connectivity index (χ3n) is 3.15. The first-order valence-corrected chi connectivity index (χ1v) is 8.37. The van der Waals surface area contributed by atoms with E-state index in [4.69, 9.17) is 27.9 Å². The van der Waals surface area contributed by atoms with Crippen molar-refractivity contribution >= 4 is 29.2 Å². The average molecular weight is 367 g/mol. The van der Waals surface area contributed by atoms with Crippen LogP contribution in [0.3, 0.4) is 0 Å². The molecule has 0 saturated heterocycles. The summed E-state index contributed by atoms with van der Waals surface area (Å²) in [6.07, 6.45) is 2.58. The molecular weight excluding hydrogens is 347 g/mol. The zero-order valence-electron chi connectivity index (χ0n) is 13.4. The molecule has 0 atom stereocenters. The zero-order valence-corrected chi connectivity index (χ0v) is 14.9. The molecular formula is C17H20Cl2N4O. The summed E-state index contributed by atoms with van der Waals surface area (Å²) in [7, 11) is 1.73. The highest BCUT2D eigenvalue weighted by Crippen LogP contribution is 2.27. The van der Waals surface area contributed by atoms with E-state index < -0.39 is 0 Å². The molecule has 2 rings (SSSR count). The van der Waals surface area contributed by atoms with Gasteiger partial charge in [0.25, 0.3) is 0 Å². The number of hydrogen-bond acceptors (Lipinski definition) is 3. The van der Waals surface area contributed by atoms with E-state index >= 15 is 0 Å². The first-order chi connectivity index (χ1) is 11.7. The molecule has 0 saturated carbocycles. The Morgan fingerprint density at radius 3 is 2.79 bits per heavy atom. The third-order valence-corrected chi connectivity index (χ3v) is 3.68. The summed E-state index contributed by atoms with van der Waals surface area (Å²) < 4.78 is 5.64. The lowest BCUT2D eigenvalue weighted by Gasteiger charge is -2.12. The topological polar surface area (TPSA) is 58.5 Å². The highest BCUT2D eigenvalue weighted by Gasteiger charge is 2.02. The fourth-order valence-corrected chi connectivity index (χ4v) is 2.41. The van der Waals surface area contributed by atoms with Gasteiger partial charge < -0.3 is 15.4 Å². The second-order valence-corrected chi connectivity index (χ2v) is 5.79. The SMILES string of the molecule is CN=C(NCCCOc1ccc(Cl)cc1Cl)NCc1ccccn1. The predicted molar refractivity (Wildman–Crippen MR) is 99.0 cm³/mol. The molecule has 1 aromatic heterocycles. The second kappa shape index (κ2) is 10.0. The van der Waals surface area contributed by atoms with Gasteiger partial charge in [-0.1, -0.05) is 29.3 Å². The highest BCUT2D eigenvalue weighted by atomic mass is 35.5. The standard InChI is InChI=1S/C17H20Cl2N4O/c1-20-17(23-12-14-5-2-3-8-21-14)22-9-4-10-24-16-7-6-13(18)11-15(16)19/h2-3,5-8,11H,4,9-10,12H2,1H3,(H2,20,22,23). The van der Waals surface area contributed by atoms with Crippen molar-refractivity contribution < 1.29 is 4.74 Å². The lowest BCUT2D eigenvalue weighted by Crippen LogP contribution is -2.37. The summed E-state index contributed by atoms with van der Waals surface area (Å²) in [6, 6.07) is 11.0. The van der Waals surface area contributed by atoms with E-state index in [1.165, 1.54) is 0 Å². The lowest BCUT2D eigenvalue weighted by atomic mass is 10.3. The molecule has 0 amide bonds. The molecule has 0 aliphatic carbocycles. The zero-order chi connectivity index (χ0) is 17.2. The monoisotopic (exact) mass is 366 g/mol. The predicted octanol–water partition coefficient (Wildman–Crippen LogP) is 3.52. The van der Waals surface area contributed by atoms with Crippen LogP contribution in [0.15, 0.2) is 47.6 Å². The minimum absolute atomic E-state index is 0.517. The summed E-state index contributed by atoms with van der Waals surface area (Å²) in [4.78, 5) is 8.43. The maximum absolute atomic E-state index is 6.05. The molecule has 0 fully saturated rings. The maximum atomic E-state index is 6.05. The van der Waals surface area contributed by atoms with Crippen LogP contribution in [0.5, 0.6) is 5.75 Å². The number of nitrogens with one attached hydrogen (secondary N) is 2. The third kappa shape index (κ3) is 6.26. The molecule has 0 unspecified atom stereocenters. The van der Waals surface area contributed by atoms with Crippen LogP contribution in [-0.2, 0) is 6.54 Å². The first kappa shape index (κ1) is 18.4. The Morgan fingerprint density at radius 2 is 2.08 bits per heavy atom. The van der Waals surface area contributed by atoms with Gasteiger partial charge in [0.15, 0.2) is 5.96 Å². The molecule has 0 spiro atoms. The van der Waals surface area contributed by atoms with E-state index in [2.05, 4.69) is 20.6 Å². The molecule has 1 heterocycles. The smallest absolute Gasteiger partial charge is 0.191 e. The van der Waals surface area contributed by atoms with Gasteiger partial charge in [-0.25, -0.2) is 0 Å². The van der Waals surface area contributed by atoms with Crippen molar-refractivity contribution in [2.24, 2.45) is 4.99 Å². The highest BCUT2D eigenvalue weighted by molar-refractivity contribution is 6.35. The maximum Gasteiger partial charge on any atom is 0.191 e.